The van der Waals surface area contributed by atoms with Gasteiger partial charge in [0.25, 0.3) is 0 Å². The standard InChI is InChI=1S/C13H16BrN3OS/c1-9-3-4-10(14)7-11(9)13-17-16-12(19-13)8-15-5-6-18-2/h3-4,7,15H,5-6,8H2,1-2H3. The topological polar surface area (TPSA) is 47.0 Å². The smallest absolute Gasteiger partial charge is 0.148 e. The zero-order chi connectivity index (χ0) is 13.7. The first kappa shape index (κ1) is 14.6. The maximum absolute atomic E-state index is 4.98. The van der Waals surface area contributed by atoms with Gasteiger partial charge in [0, 0.05) is 30.2 Å². The molecule has 0 radical (unpaired) electrons. The minimum Gasteiger partial charge on any atom is -0.383 e. The van der Waals surface area contributed by atoms with Gasteiger partial charge in [0.1, 0.15) is 10.0 Å². The summed E-state index contributed by atoms with van der Waals surface area (Å²) < 4.78 is 6.04. The van der Waals surface area contributed by atoms with Crippen LogP contribution in [-0.4, -0.2) is 30.5 Å². The van der Waals surface area contributed by atoms with Gasteiger partial charge >= 0.3 is 0 Å². The van der Waals surface area contributed by atoms with E-state index in [0.29, 0.717) is 6.61 Å². The Bertz CT molecular complexity index is 544. The molecular weight excluding hydrogens is 326 g/mol. The molecule has 102 valence electrons. The number of nitrogens with zero attached hydrogens (tertiary/aromatic N) is 2. The van der Waals surface area contributed by atoms with Crippen molar-refractivity contribution in [2.24, 2.45) is 0 Å². The molecule has 0 spiro atoms. The van der Waals surface area contributed by atoms with Crippen LogP contribution in [0.5, 0.6) is 0 Å². The number of aromatic nitrogens is 2. The van der Waals surface area contributed by atoms with Crippen molar-refractivity contribution in [3.8, 4) is 10.6 Å². The average molecular weight is 342 g/mol. The highest BCUT2D eigenvalue weighted by Crippen LogP contribution is 2.29. The van der Waals surface area contributed by atoms with Crippen molar-refractivity contribution in [1.29, 1.82) is 0 Å². The van der Waals surface area contributed by atoms with Gasteiger partial charge < -0.3 is 10.1 Å². The molecule has 0 bridgehead atoms. The lowest BCUT2D eigenvalue weighted by Gasteiger charge is -2.02. The minimum absolute atomic E-state index is 0.705. The van der Waals surface area contributed by atoms with E-state index in [2.05, 4.69) is 50.5 Å². The molecule has 2 aromatic rings. The predicted octanol–water partition coefficient (Wildman–Crippen LogP) is 3.01. The van der Waals surface area contributed by atoms with Crippen molar-refractivity contribution in [1.82, 2.24) is 15.5 Å². The summed E-state index contributed by atoms with van der Waals surface area (Å²) in [7, 11) is 1.70. The minimum atomic E-state index is 0.705. The number of halogens is 1. The van der Waals surface area contributed by atoms with Gasteiger partial charge in [-0.1, -0.05) is 33.3 Å². The van der Waals surface area contributed by atoms with Crippen LogP contribution in [-0.2, 0) is 11.3 Å². The molecule has 0 aliphatic rings. The first-order valence-electron chi connectivity index (χ1n) is 5.99. The Morgan fingerprint density at radius 1 is 1.37 bits per heavy atom. The Balaban J connectivity index is 2.06. The molecule has 1 aromatic heterocycles. The Morgan fingerprint density at radius 2 is 2.21 bits per heavy atom. The Morgan fingerprint density at radius 3 is 3.00 bits per heavy atom. The van der Waals surface area contributed by atoms with Crippen molar-refractivity contribution in [3.05, 3.63) is 33.2 Å². The number of hydrogen-bond donors (Lipinski definition) is 1. The van der Waals surface area contributed by atoms with Gasteiger partial charge in [-0.15, -0.1) is 10.2 Å². The highest BCUT2D eigenvalue weighted by atomic mass is 79.9. The molecule has 0 saturated heterocycles. The number of benzene rings is 1. The number of nitrogens with one attached hydrogen (secondary N) is 1. The number of ether oxygens (including phenoxy) is 1. The van der Waals surface area contributed by atoms with E-state index in [1.807, 2.05) is 6.07 Å². The van der Waals surface area contributed by atoms with E-state index in [4.69, 9.17) is 4.74 Å². The van der Waals surface area contributed by atoms with Crippen LogP contribution in [0.3, 0.4) is 0 Å². The van der Waals surface area contributed by atoms with E-state index >= 15 is 0 Å². The third-order valence-electron chi connectivity index (χ3n) is 2.66. The summed E-state index contributed by atoms with van der Waals surface area (Å²) in [5.74, 6) is 0. The molecule has 0 amide bonds. The fraction of sp³-hybridized carbons (Fsp3) is 0.385. The fourth-order valence-electron chi connectivity index (χ4n) is 1.63. The van der Waals surface area contributed by atoms with Crippen molar-refractivity contribution in [2.75, 3.05) is 20.3 Å². The molecule has 0 atom stereocenters. The monoisotopic (exact) mass is 341 g/mol. The lowest BCUT2D eigenvalue weighted by molar-refractivity contribution is 0.199. The molecule has 19 heavy (non-hydrogen) atoms. The maximum atomic E-state index is 4.98. The fourth-order valence-corrected chi connectivity index (χ4v) is 2.88. The zero-order valence-electron chi connectivity index (χ0n) is 10.9. The summed E-state index contributed by atoms with van der Waals surface area (Å²) >= 11 is 5.11. The van der Waals surface area contributed by atoms with Crippen molar-refractivity contribution < 1.29 is 4.74 Å². The second-order valence-corrected chi connectivity index (χ2v) is 6.11. The van der Waals surface area contributed by atoms with Gasteiger partial charge in [-0.25, -0.2) is 0 Å². The van der Waals surface area contributed by atoms with Gasteiger partial charge in [-0.2, -0.15) is 0 Å². The van der Waals surface area contributed by atoms with Gasteiger partial charge in [0.2, 0.25) is 0 Å². The molecule has 1 aromatic carbocycles. The first-order chi connectivity index (χ1) is 9.20. The Hall–Kier alpha value is -0.820. The highest BCUT2D eigenvalue weighted by molar-refractivity contribution is 9.10. The van der Waals surface area contributed by atoms with Crippen LogP contribution in [0, 0.1) is 6.92 Å². The second kappa shape index (κ2) is 7.09. The summed E-state index contributed by atoms with van der Waals surface area (Å²) in [6.45, 7) is 4.34. The van der Waals surface area contributed by atoms with E-state index < -0.39 is 0 Å². The van der Waals surface area contributed by atoms with Crippen LogP contribution in [0.2, 0.25) is 0 Å². The largest absolute Gasteiger partial charge is 0.383 e. The highest BCUT2D eigenvalue weighted by Gasteiger charge is 2.09. The molecule has 1 heterocycles. The van der Waals surface area contributed by atoms with Crippen molar-refractivity contribution in [2.45, 2.75) is 13.5 Å². The van der Waals surface area contributed by atoms with Crippen LogP contribution in [0.4, 0.5) is 0 Å². The maximum Gasteiger partial charge on any atom is 0.148 e. The number of aryl methyl sites for hydroxylation is 1. The molecule has 6 heteroatoms. The Labute approximate surface area is 125 Å². The van der Waals surface area contributed by atoms with Crippen LogP contribution < -0.4 is 5.32 Å². The van der Waals surface area contributed by atoms with E-state index in [-0.39, 0.29) is 0 Å². The van der Waals surface area contributed by atoms with Crippen LogP contribution in [0.25, 0.3) is 10.6 Å². The molecule has 0 unspecified atom stereocenters. The molecule has 0 saturated carbocycles. The third-order valence-corrected chi connectivity index (χ3v) is 4.11. The molecular formula is C13H16BrN3OS. The quantitative estimate of drug-likeness (QED) is 0.820. The van der Waals surface area contributed by atoms with Crippen LogP contribution >= 0.6 is 27.3 Å². The first-order valence-corrected chi connectivity index (χ1v) is 7.60. The number of hydrogen-bond acceptors (Lipinski definition) is 5. The zero-order valence-corrected chi connectivity index (χ0v) is 13.3. The van der Waals surface area contributed by atoms with E-state index in [1.165, 1.54) is 5.56 Å². The second-order valence-electron chi connectivity index (χ2n) is 4.13. The van der Waals surface area contributed by atoms with Crippen molar-refractivity contribution in [3.63, 3.8) is 0 Å². The van der Waals surface area contributed by atoms with Gasteiger partial charge in [-0.05, 0) is 24.6 Å². The lowest BCUT2D eigenvalue weighted by atomic mass is 10.1. The third kappa shape index (κ3) is 4.07. The van der Waals surface area contributed by atoms with E-state index in [0.717, 1.165) is 33.1 Å². The van der Waals surface area contributed by atoms with Crippen LogP contribution in [0.15, 0.2) is 22.7 Å². The summed E-state index contributed by atoms with van der Waals surface area (Å²) in [6.07, 6.45) is 0. The Kier molecular flexibility index (Phi) is 5.45. The van der Waals surface area contributed by atoms with Crippen molar-refractivity contribution >= 4 is 27.3 Å². The summed E-state index contributed by atoms with van der Waals surface area (Å²) in [4.78, 5) is 0. The predicted molar refractivity (Wildman–Crippen MR) is 81.4 cm³/mol. The normalized spacial score (nSPS) is 10.9. The SMILES string of the molecule is COCCNCc1nnc(-c2cc(Br)ccc2C)s1. The molecule has 0 aliphatic heterocycles. The molecule has 4 nitrogen and oxygen atoms in total. The molecule has 0 fully saturated rings. The lowest BCUT2D eigenvalue weighted by Crippen LogP contribution is -2.18. The van der Waals surface area contributed by atoms with Gasteiger partial charge in [0.05, 0.1) is 6.61 Å². The van der Waals surface area contributed by atoms with Gasteiger partial charge in [0.15, 0.2) is 0 Å². The van der Waals surface area contributed by atoms with E-state index in [9.17, 15) is 0 Å². The molecule has 0 aliphatic carbocycles. The summed E-state index contributed by atoms with van der Waals surface area (Å²) in [5, 5.41) is 13.7. The number of rotatable bonds is 6. The molecule has 1 N–H and O–H groups in total. The summed E-state index contributed by atoms with van der Waals surface area (Å²) in [5.41, 5.74) is 2.34. The van der Waals surface area contributed by atoms with E-state index in [1.54, 1.807) is 18.4 Å². The summed E-state index contributed by atoms with van der Waals surface area (Å²) in [6, 6.07) is 6.20. The average Bonchev–Trinajstić information content (AvgIpc) is 2.86. The number of methoxy groups -OCH3 is 1. The van der Waals surface area contributed by atoms with Crippen LogP contribution in [0.1, 0.15) is 10.6 Å². The van der Waals surface area contributed by atoms with Gasteiger partial charge in [-0.3, -0.25) is 0 Å². The molecule has 2 rings (SSSR count).